The van der Waals surface area contributed by atoms with Crippen LogP contribution < -0.4 is 11.5 Å². The van der Waals surface area contributed by atoms with E-state index in [-0.39, 0.29) is 5.25 Å². The highest BCUT2D eigenvalue weighted by Crippen LogP contribution is 2.23. The molecule has 11 heteroatoms. The van der Waals surface area contributed by atoms with Crippen LogP contribution in [0.25, 0.3) is 0 Å². The van der Waals surface area contributed by atoms with Crippen molar-refractivity contribution in [3.05, 3.63) is 0 Å². The summed E-state index contributed by atoms with van der Waals surface area (Å²) in [5.74, 6) is -1.46. The fourth-order valence-corrected chi connectivity index (χ4v) is 3.91. The molecule has 0 rings (SSSR count). The van der Waals surface area contributed by atoms with Crippen molar-refractivity contribution in [2.24, 2.45) is 11.5 Å². The Hall–Kier alpha value is -0.620. The van der Waals surface area contributed by atoms with Gasteiger partial charge in [-0.15, -0.1) is 0 Å². The van der Waals surface area contributed by atoms with E-state index >= 15 is 0 Å². The Labute approximate surface area is 153 Å². The van der Waals surface area contributed by atoms with E-state index in [1.807, 2.05) is 13.2 Å². The zero-order valence-corrected chi connectivity index (χ0v) is 16.2. The summed E-state index contributed by atoms with van der Waals surface area (Å²) in [7, 11) is 2.96. The Morgan fingerprint density at radius 3 is 1.42 bits per heavy atom. The molecule has 0 heterocycles. The van der Waals surface area contributed by atoms with E-state index in [4.69, 9.17) is 26.8 Å². The predicted molar refractivity (Wildman–Crippen MR) is 101 cm³/mol. The van der Waals surface area contributed by atoms with E-state index in [1.54, 1.807) is 0 Å². The first kappa shape index (κ1) is 25.6. The van der Waals surface area contributed by atoms with Crippen molar-refractivity contribution >= 4 is 51.3 Å². The number of hydrogen-bond acceptors (Lipinski definition) is 8. The molecular formula is C13H26N2O6S3. The van der Waals surface area contributed by atoms with Gasteiger partial charge in [-0.05, 0) is 25.5 Å². The number of hydrogen-bond donors (Lipinski definition) is 5. The third kappa shape index (κ3) is 14.9. The highest BCUT2D eigenvalue weighted by atomic mass is 33.1. The summed E-state index contributed by atoms with van der Waals surface area (Å²) in [6.45, 7) is 1.87. The van der Waals surface area contributed by atoms with Gasteiger partial charge in [0, 0.05) is 11.5 Å². The van der Waals surface area contributed by atoms with Crippen LogP contribution in [-0.2, 0) is 14.4 Å². The molecule has 24 heavy (non-hydrogen) atoms. The van der Waals surface area contributed by atoms with Crippen LogP contribution in [0.4, 0.5) is 0 Å². The number of aliphatic carboxylic acids is 3. The van der Waals surface area contributed by atoms with Crippen molar-refractivity contribution in [2.45, 2.75) is 43.5 Å². The normalized spacial score (nSPS) is 14.0. The van der Waals surface area contributed by atoms with Crippen LogP contribution in [0, 0.1) is 0 Å². The number of carbonyl (C=O) groups is 3. The molecule has 0 bridgehead atoms. The lowest BCUT2D eigenvalue weighted by molar-refractivity contribution is -0.139. The first-order valence-corrected chi connectivity index (χ1v) is 10.9. The Morgan fingerprint density at radius 1 is 0.875 bits per heavy atom. The minimum absolute atomic E-state index is 0.213. The van der Waals surface area contributed by atoms with Gasteiger partial charge in [0.05, 0.1) is 0 Å². The van der Waals surface area contributed by atoms with Crippen molar-refractivity contribution in [1.29, 1.82) is 0 Å². The molecule has 0 radical (unpaired) electrons. The Balaban J connectivity index is 0. The number of rotatable bonds is 12. The maximum atomic E-state index is 10.4. The maximum absolute atomic E-state index is 10.4. The topological polar surface area (TPSA) is 164 Å². The smallest absolute Gasteiger partial charge is 0.320 e. The van der Waals surface area contributed by atoms with E-state index in [2.05, 4.69) is 0 Å². The summed E-state index contributed by atoms with van der Waals surface area (Å²) in [6, 6.07) is -1.65. The van der Waals surface area contributed by atoms with Crippen molar-refractivity contribution in [3.63, 3.8) is 0 Å². The fourth-order valence-electron chi connectivity index (χ4n) is 1.16. The Bertz CT molecular complexity index is 359. The molecular weight excluding hydrogens is 376 g/mol. The second-order valence-corrected chi connectivity index (χ2v) is 8.32. The molecule has 0 aliphatic carbocycles. The maximum Gasteiger partial charge on any atom is 0.320 e. The molecule has 8 nitrogen and oxygen atoms in total. The molecule has 0 aromatic heterocycles. The van der Waals surface area contributed by atoms with Crippen LogP contribution in [0.1, 0.15) is 26.2 Å². The number of nitrogens with two attached hydrogens (primary N) is 2. The Kier molecular flexibility index (Phi) is 17.0. The van der Waals surface area contributed by atoms with Gasteiger partial charge in [0.15, 0.2) is 0 Å². The highest BCUT2D eigenvalue weighted by molar-refractivity contribution is 8.76. The molecule has 0 saturated heterocycles. The molecule has 0 aliphatic rings. The van der Waals surface area contributed by atoms with Crippen molar-refractivity contribution in [3.8, 4) is 0 Å². The molecule has 0 amide bonds. The number of thioether (sulfide) groups is 1. The minimum Gasteiger partial charge on any atom is -0.480 e. The number of carboxylic acids is 3. The third-order valence-electron chi connectivity index (χ3n) is 2.67. The lowest BCUT2D eigenvalue weighted by Gasteiger charge is -2.06. The molecule has 0 aromatic carbocycles. The molecule has 3 unspecified atom stereocenters. The SMILES string of the molecule is CCC(SC)C(=O)O.NC(CCSSCCC(N)C(=O)O)C(=O)O. The molecule has 0 aromatic rings. The van der Waals surface area contributed by atoms with Gasteiger partial charge in [0.25, 0.3) is 0 Å². The molecule has 3 atom stereocenters. The summed E-state index contributed by atoms with van der Waals surface area (Å²) in [6.07, 6.45) is 3.31. The van der Waals surface area contributed by atoms with Gasteiger partial charge >= 0.3 is 17.9 Å². The lowest BCUT2D eigenvalue weighted by atomic mass is 10.2. The van der Waals surface area contributed by atoms with Crippen molar-refractivity contribution < 1.29 is 29.7 Å². The summed E-state index contributed by atoms with van der Waals surface area (Å²) in [5.41, 5.74) is 10.6. The molecule has 0 aliphatic heterocycles. The fraction of sp³-hybridized carbons (Fsp3) is 0.769. The summed E-state index contributed by atoms with van der Waals surface area (Å²) < 4.78 is 0. The standard InChI is InChI=1S/C8H16N2O4S2.C5H10O2S/c9-5(7(11)12)1-3-15-16-4-2-6(10)8(13)14;1-3-4(8-2)5(6)7/h5-6H,1-4,9-10H2,(H,11,12)(H,13,14);4H,3H2,1-2H3,(H,6,7). The molecule has 0 fully saturated rings. The van der Waals surface area contributed by atoms with E-state index in [9.17, 15) is 14.4 Å². The van der Waals surface area contributed by atoms with Crippen molar-refractivity contribution in [1.82, 2.24) is 0 Å². The number of carboxylic acid groups (broad SMARTS) is 3. The van der Waals surface area contributed by atoms with Gasteiger partial charge < -0.3 is 26.8 Å². The van der Waals surface area contributed by atoms with Crippen LogP contribution in [0.5, 0.6) is 0 Å². The monoisotopic (exact) mass is 402 g/mol. The predicted octanol–water partition coefficient (Wildman–Crippen LogP) is 1.18. The molecule has 7 N–H and O–H groups in total. The van der Waals surface area contributed by atoms with Crippen LogP contribution in [0.3, 0.4) is 0 Å². The van der Waals surface area contributed by atoms with Gasteiger partial charge in [-0.2, -0.15) is 11.8 Å². The van der Waals surface area contributed by atoms with Gasteiger partial charge in [-0.25, -0.2) is 0 Å². The quantitative estimate of drug-likeness (QED) is 0.235. The second kappa shape index (κ2) is 15.9. The molecule has 142 valence electrons. The Morgan fingerprint density at radius 2 is 1.25 bits per heavy atom. The third-order valence-corrected chi connectivity index (χ3v) is 6.25. The summed E-state index contributed by atoms with van der Waals surface area (Å²) in [5, 5.41) is 25.1. The summed E-state index contributed by atoms with van der Waals surface area (Å²) in [4.78, 5) is 30.9. The van der Waals surface area contributed by atoms with Crippen molar-refractivity contribution in [2.75, 3.05) is 17.8 Å². The van der Waals surface area contributed by atoms with Gasteiger partial charge in [0.1, 0.15) is 17.3 Å². The van der Waals surface area contributed by atoms with E-state index in [0.29, 0.717) is 30.8 Å². The summed E-state index contributed by atoms with van der Waals surface area (Å²) >= 11 is 1.38. The minimum atomic E-state index is -1.00. The first-order chi connectivity index (χ1) is 11.2. The van der Waals surface area contributed by atoms with Crippen LogP contribution in [0.15, 0.2) is 0 Å². The average Bonchev–Trinajstić information content (AvgIpc) is 2.51. The van der Waals surface area contributed by atoms with E-state index in [1.165, 1.54) is 33.3 Å². The molecule has 0 spiro atoms. The van der Waals surface area contributed by atoms with Crippen LogP contribution >= 0.6 is 33.3 Å². The largest absolute Gasteiger partial charge is 0.480 e. The van der Waals surface area contributed by atoms with Crippen LogP contribution in [-0.4, -0.2) is 68.3 Å². The van der Waals surface area contributed by atoms with Gasteiger partial charge in [-0.1, -0.05) is 28.5 Å². The van der Waals surface area contributed by atoms with Crippen LogP contribution in [0.2, 0.25) is 0 Å². The zero-order valence-electron chi connectivity index (χ0n) is 13.7. The van der Waals surface area contributed by atoms with E-state index < -0.39 is 30.0 Å². The second-order valence-electron chi connectivity index (χ2n) is 4.58. The van der Waals surface area contributed by atoms with E-state index in [0.717, 1.165) is 0 Å². The van der Waals surface area contributed by atoms with Gasteiger partial charge in [-0.3, -0.25) is 14.4 Å². The lowest BCUT2D eigenvalue weighted by Crippen LogP contribution is -2.30. The van der Waals surface area contributed by atoms with Gasteiger partial charge in [0.2, 0.25) is 0 Å². The highest BCUT2D eigenvalue weighted by Gasteiger charge is 2.12. The average molecular weight is 403 g/mol. The zero-order chi connectivity index (χ0) is 19.1. The first-order valence-electron chi connectivity index (χ1n) is 7.14. The molecule has 0 saturated carbocycles.